The minimum Gasteiger partial charge on any atom is -0.478 e. The van der Waals surface area contributed by atoms with Gasteiger partial charge in [-0.25, -0.2) is 17.5 Å². The summed E-state index contributed by atoms with van der Waals surface area (Å²) >= 11 is 0. The molecule has 0 bridgehead atoms. The number of hydrogen-bond donors (Lipinski definition) is 2. The van der Waals surface area contributed by atoms with E-state index in [2.05, 4.69) is 0 Å². The van der Waals surface area contributed by atoms with Gasteiger partial charge in [0.15, 0.2) is 0 Å². The van der Waals surface area contributed by atoms with E-state index in [0.29, 0.717) is 25.1 Å². The van der Waals surface area contributed by atoms with Gasteiger partial charge in [0, 0.05) is 19.7 Å². The summed E-state index contributed by atoms with van der Waals surface area (Å²) in [5, 5.41) is 17.8. The van der Waals surface area contributed by atoms with Gasteiger partial charge in [0.1, 0.15) is 0 Å². The third-order valence-electron chi connectivity index (χ3n) is 3.45. The molecule has 1 aromatic rings. The van der Waals surface area contributed by atoms with Gasteiger partial charge in [0.05, 0.1) is 11.3 Å². The molecule has 110 valence electrons. The Hall–Kier alpha value is -1.44. The first-order valence-electron chi connectivity index (χ1n) is 6.33. The van der Waals surface area contributed by atoms with E-state index in [-0.39, 0.29) is 23.8 Å². The van der Waals surface area contributed by atoms with E-state index >= 15 is 0 Å². The second kappa shape index (κ2) is 5.90. The van der Waals surface area contributed by atoms with Gasteiger partial charge in [-0.15, -0.1) is 0 Å². The van der Waals surface area contributed by atoms with Crippen LogP contribution in [0.2, 0.25) is 0 Å². The van der Waals surface area contributed by atoms with Crippen LogP contribution in [0.4, 0.5) is 0 Å². The van der Waals surface area contributed by atoms with Crippen molar-refractivity contribution in [2.24, 2.45) is 5.92 Å². The molecule has 2 rings (SSSR count). The predicted molar refractivity (Wildman–Crippen MR) is 72.8 cm³/mol. The average molecular weight is 299 g/mol. The third-order valence-corrected chi connectivity index (χ3v) is 5.27. The van der Waals surface area contributed by atoms with Crippen molar-refractivity contribution in [3.63, 3.8) is 0 Å². The largest absolute Gasteiger partial charge is 0.478 e. The monoisotopic (exact) mass is 299 g/mol. The molecule has 1 fully saturated rings. The van der Waals surface area contributed by atoms with Crippen molar-refractivity contribution in [3.8, 4) is 0 Å². The Morgan fingerprint density at radius 2 is 1.95 bits per heavy atom. The average Bonchev–Trinajstić information content (AvgIpc) is 2.88. The summed E-state index contributed by atoms with van der Waals surface area (Å²) in [6.45, 7) is 0.784. The Morgan fingerprint density at radius 3 is 2.45 bits per heavy atom. The van der Waals surface area contributed by atoms with Crippen LogP contribution >= 0.6 is 0 Å². The second-order valence-electron chi connectivity index (χ2n) is 4.95. The summed E-state index contributed by atoms with van der Waals surface area (Å²) < 4.78 is 25.8. The molecular weight excluding hydrogens is 282 g/mol. The number of rotatable bonds is 5. The summed E-state index contributed by atoms with van der Waals surface area (Å²) in [7, 11) is -3.41. The highest BCUT2D eigenvalue weighted by Gasteiger charge is 2.30. The lowest BCUT2D eigenvalue weighted by Gasteiger charge is -2.16. The number of aromatic carboxylic acids is 1. The number of aliphatic hydroxyl groups excluding tert-OH is 1. The molecule has 1 aliphatic rings. The van der Waals surface area contributed by atoms with E-state index in [4.69, 9.17) is 10.2 Å². The fourth-order valence-corrected chi connectivity index (χ4v) is 3.86. The van der Waals surface area contributed by atoms with Gasteiger partial charge in [-0.1, -0.05) is 12.1 Å². The number of nitrogens with zero attached hydrogens (tertiary/aromatic N) is 1. The minimum atomic E-state index is -3.41. The normalized spacial score (nSPS) is 20.1. The topological polar surface area (TPSA) is 94.9 Å². The summed E-state index contributed by atoms with van der Waals surface area (Å²) in [5.74, 6) is -1.17. The van der Waals surface area contributed by atoms with Crippen molar-refractivity contribution >= 4 is 16.0 Å². The maximum atomic E-state index is 12.2. The third kappa shape index (κ3) is 3.36. The second-order valence-corrected chi connectivity index (χ2v) is 6.92. The first-order valence-corrected chi connectivity index (χ1v) is 7.94. The zero-order valence-electron chi connectivity index (χ0n) is 10.9. The first-order chi connectivity index (χ1) is 9.42. The Labute approximate surface area is 117 Å². The fraction of sp³-hybridized carbons (Fsp3) is 0.462. The first kappa shape index (κ1) is 15.0. The molecule has 1 saturated heterocycles. The van der Waals surface area contributed by atoms with Crippen LogP contribution in [0.5, 0.6) is 0 Å². The van der Waals surface area contributed by atoms with Crippen LogP contribution < -0.4 is 0 Å². The van der Waals surface area contributed by atoms with Crippen molar-refractivity contribution in [3.05, 3.63) is 35.4 Å². The molecule has 20 heavy (non-hydrogen) atoms. The molecule has 1 aliphatic heterocycles. The van der Waals surface area contributed by atoms with Crippen LogP contribution in [0.15, 0.2) is 24.3 Å². The molecule has 7 heteroatoms. The van der Waals surface area contributed by atoms with Gasteiger partial charge >= 0.3 is 5.97 Å². The Balaban J connectivity index is 2.06. The highest BCUT2D eigenvalue weighted by Crippen LogP contribution is 2.21. The van der Waals surface area contributed by atoms with Gasteiger partial charge in [0.2, 0.25) is 10.0 Å². The van der Waals surface area contributed by atoms with E-state index in [1.807, 2.05) is 0 Å². The summed E-state index contributed by atoms with van der Waals surface area (Å²) in [6, 6.07) is 5.82. The molecule has 0 amide bonds. The zero-order valence-corrected chi connectivity index (χ0v) is 11.7. The molecule has 0 aliphatic carbocycles. The van der Waals surface area contributed by atoms with Gasteiger partial charge in [-0.05, 0) is 30.0 Å². The van der Waals surface area contributed by atoms with E-state index in [1.54, 1.807) is 0 Å². The molecule has 1 atom stereocenters. The van der Waals surface area contributed by atoms with Crippen molar-refractivity contribution < 1.29 is 23.4 Å². The van der Waals surface area contributed by atoms with Gasteiger partial charge in [-0.2, -0.15) is 0 Å². The Kier molecular flexibility index (Phi) is 4.42. The number of aliphatic hydroxyl groups is 1. The molecule has 1 unspecified atom stereocenters. The molecule has 0 radical (unpaired) electrons. The van der Waals surface area contributed by atoms with Gasteiger partial charge in [0.25, 0.3) is 0 Å². The smallest absolute Gasteiger partial charge is 0.335 e. The predicted octanol–water partition coefficient (Wildman–Crippen LogP) is 0.529. The van der Waals surface area contributed by atoms with Crippen molar-refractivity contribution in [2.45, 2.75) is 12.2 Å². The number of carbonyl (C=O) groups is 1. The Morgan fingerprint density at radius 1 is 1.30 bits per heavy atom. The highest BCUT2D eigenvalue weighted by atomic mass is 32.2. The van der Waals surface area contributed by atoms with E-state index in [9.17, 15) is 13.2 Å². The number of carboxylic acid groups (broad SMARTS) is 1. The van der Waals surface area contributed by atoms with Crippen LogP contribution in [0.3, 0.4) is 0 Å². The summed E-state index contributed by atoms with van der Waals surface area (Å²) in [6.07, 6.45) is 0.674. The lowest BCUT2D eigenvalue weighted by Crippen LogP contribution is -2.30. The van der Waals surface area contributed by atoms with E-state index in [0.717, 1.165) is 0 Å². The van der Waals surface area contributed by atoms with Crippen LogP contribution in [-0.4, -0.2) is 48.6 Å². The van der Waals surface area contributed by atoms with Crippen LogP contribution in [0.1, 0.15) is 22.3 Å². The van der Waals surface area contributed by atoms with E-state index in [1.165, 1.54) is 28.6 Å². The lowest BCUT2D eigenvalue weighted by molar-refractivity contribution is 0.0697. The molecular formula is C13H17NO5S. The number of sulfonamides is 1. The van der Waals surface area contributed by atoms with Gasteiger partial charge in [-0.3, -0.25) is 0 Å². The number of benzene rings is 1. The summed E-state index contributed by atoms with van der Waals surface area (Å²) in [4.78, 5) is 10.7. The Bertz CT molecular complexity index is 581. The molecule has 1 aromatic carbocycles. The number of carboxylic acids is 1. The molecule has 2 N–H and O–H groups in total. The van der Waals surface area contributed by atoms with Crippen LogP contribution in [-0.2, 0) is 15.8 Å². The molecule has 1 heterocycles. The van der Waals surface area contributed by atoms with Crippen molar-refractivity contribution in [1.82, 2.24) is 4.31 Å². The van der Waals surface area contributed by atoms with Gasteiger partial charge < -0.3 is 10.2 Å². The molecule has 0 saturated carbocycles. The molecule has 0 aromatic heterocycles. The minimum absolute atomic E-state index is 0.000666. The summed E-state index contributed by atoms with van der Waals surface area (Å²) in [5.41, 5.74) is 0.690. The fourth-order valence-electron chi connectivity index (χ4n) is 2.24. The van der Waals surface area contributed by atoms with E-state index < -0.39 is 16.0 Å². The highest BCUT2D eigenvalue weighted by molar-refractivity contribution is 7.88. The van der Waals surface area contributed by atoms with Crippen LogP contribution in [0.25, 0.3) is 0 Å². The van der Waals surface area contributed by atoms with Crippen LogP contribution in [0, 0.1) is 5.92 Å². The molecule has 6 nitrogen and oxygen atoms in total. The zero-order chi connectivity index (χ0) is 14.8. The lowest BCUT2D eigenvalue weighted by atomic mass is 10.1. The maximum Gasteiger partial charge on any atom is 0.335 e. The van der Waals surface area contributed by atoms with Crippen molar-refractivity contribution in [1.29, 1.82) is 0 Å². The maximum absolute atomic E-state index is 12.2. The standard InChI is InChI=1S/C13H17NO5S/c15-8-11-5-6-14(7-11)20(18,19)9-10-1-3-12(4-2-10)13(16)17/h1-4,11,15H,5-9H2,(H,16,17). The quantitative estimate of drug-likeness (QED) is 0.827. The number of hydrogen-bond acceptors (Lipinski definition) is 4. The SMILES string of the molecule is O=C(O)c1ccc(CS(=O)(=O)N2CCC(CO)C2)cc1. The molecule has 0 spiro atoms. The van der Waals surface area contributed by atoms with Crippen molar-refractivity contribution in [2.75, 3.05) is 19.7 Å².